The van der Waals surface area contributed by atoms with Crippen molar-refractivity contribution >= 4 is 11.8 Å². The third-order valence-corrected chi connectivity index (χ3v) is 4.61. The van der Waals surface area contributed by atoms with Crippen LogP contribution in [0.5, 0.6) is 0 Å². The van der Waals surface area contributed by atoms with Gasteiger partial charge in [0, 0.05) is 51.5 Å². The third kappa shape index (κ3) is 4.66. The van der Waals surface area contributed by atoms with Gasteiger partial charge in [0.2, 0.25) is 5.95 Å². The van der Waals surface area contributed by atoms with Gasteiger partial charge in [0.05, 0.1) is 0 Å². The van der Waals surface area contributed by atoms with Crippen LogP contribution in [0.15, 0.2) is 30.5 Å². The van der Waals surface area contributed by atoms with Crippen LogP contribution < -0.4 is 10.2 Å². The summed E-state index contributed by atoms with van der Waals surface area (Å²) in [5, 5.41) is 3.47. The Labute approximate surface area is 148 Å². The Bertz CT molecular complexity index is 693. The van der Waals surface area contributed by atoms with E-state index in [-0.39, 0.29) is 5.82 Å². The van der Waals surface area contributed by atoms with Crippen molar-refractivity contribution < 1.29 is 4.39 Å². The summed E-state index contributed by atoms with van der Waals surface area (Å²) in [5.41, 5.74) is 2.23. The Morgan fingerprint density at radius 1 is 1.20 bits per heavy atom. The van der Waals surface area contributed by atoms with Crippen molar-refractivity contribution in [3.05, 3.63) is 47.4 Å². The van der Waals surface area contributed by atoms with Crippen molar-refractivity contribution in [1.82, 2.24) is 14.9 Å². The molecule has 1 aliphatic heterocycles. The standard InChI is InChI=1S/C19H26FN5/c1-14-12-21-19(23-18(14)24(2)3)22-17-8-10-25(11-9-17)13-15-4-6-16(20)7-5-15/h4-7,12,17H,8-11,13H2,1-3H3,(H,21,22,23). The number of aromatic nitrogens is 2. The highest BCUT2D eigenvalue weighted by Crippen LogP contribution is 2.19. The molecule has 0 aliphatic carbocycles. The van der Waals surface area contributed by atoms with Crippen LogP contribution in [0, 0.1) is 12.7 Å². The van der Waals surface area contributed by atoms with E-state index in [4.69, 9.17) is 0 Å². The van der Waals surface area contributed by atoms with Crippen LogP contribution in [-0.4, -0.2) is 48.1 Å². The van der Waals surface area contributed by atoms with Gasteiger partial charge in [0.25, 0.3) is 0 Å². The van der Waals surface area contributed by atoms with Crippen molar-refractivity contribution in [2.75, 3.05) is 37.4 Å². The van der Waals surface area contributed by atoms with Crippen molar-refractivity contribution in [3.8, 4) is 0 Å². The van der Waals surface area contributed by atoms with Crippen LogP contribution in [0.2, 0.25) is 0 Å². The summed E-state index contributed by atoms with van der Waals surface area (Å²) in [7, 11) is 3.99. The van der Waals surface area contributed by atoms with E-state index in [0.29, 0.717) is 12.0 Å². The molecule has 5 nitrogen and oxygen atoms in total. The molecule has 2 heterocycles. The first-order valence-corrected chi connectivity index (χ1v) is 8.75. The van der Waals surface area contributed by atoms with Gasteiger partial charge in [-0.2, -0.15) is 4.98 Å². The molecule has 134 valence electrons. The number of rotatable bonds is 5. The summed E-state index contributed by atoms with van der Waals surface area (Å²) in [6.07, 6.45) is 3.97. The quantitative estimate of drug-likeness (QED) is 0.904. The van der Waals surface area contributed by atoms with E-state index in [0.717, 1.165) is 49.4 Å². The molecule has 0 unspecified atom stereocenters. The van der Waals surface area contributed by atoms with E-state index >= 15 is 0 Å². The molecule has 6 heteroatoms. The molecule has 1 saturated heterocycles. The van der Waals surface area contributed by atoms with E-state index in [1.165, 1.54) is 12.1 Å². The largest absolute Gasteiger partial charge is 0.362 e. The van der Waals surface area contributed by atoms with Crippen LogP contribution in [0.3, 0.4) is 0 Å². The van der Waals surface area contributed by atoms with Crippen molar-refractivity contribution in [3.63, 3.8) is 0 Å². The zero-order valence-electron chi connectivity index (χ0n) is 15.2. The maximum absolute atomic E-state index is 13.0. The predicted octanol–water partition coefficient (Wildman–Crippen LogP) is 3.07. The fourth-order valence-corrected chi connectivity index (χ4v) is 3.22. The summed E-state index contributed by atoms with van der Waals surface area (Å²) in [5.74, 6) is 1.47. The number of nitrogens with zero attached hydrogens (tertiary/aromatic N) is 4. The molecule has 1 fully saturated rings. The Hall–Kier alpha value is -2.21. The lowest BCUT2D eigenvalue weighted by Crippen LogP contribution is -2.39. The SMILES string of the molecule is Cc1cnc(NC2CCN(Cc3ccc(F)cc3)CC2)nc1N(C)C. The number of nitrogens with one attached hydrogen (secondary N) is 1. The summed E-state index contributed by atoms with van der Waals surface area (Å²) < 4.78 is 13.0. The van der Waals surface area contributed by atoms with Crippen LogP contribution in [0.25, 0.3) is 0 Å². The molecule has 0 bridgehead atoms. The average Bonchev–Trinajstić information content (AvgIpc) is 2.60. The fourth-order valence-electron chi connectivity index (χ4n) is 3.22. The van der Waals surface area contributed by atoms with Gasteiger partial charge in [-0.15, -0.1) is 0 Å². The van der Waals surface area contributed by atoms with E-state index in [1.807, 2.05) is 44.2 Å². The lowest BCUT2D eigenvalue weighted by atomic mass is 10.0. The highest BCUT2D eigenvalue weighted by molar-refractivity contribution is 5.47. The minimum atomic E-state index is -0.179. The van der Waals surface area contributed by atoms with Crippen LogP contribution >= 0.6 is 0 Å². The van der Waals surface area contributed by atoms with E-state index in [9.17, 15) is 4.39 Å². The minimum Gasteiger partial charge on any atom is -0.362 e. The Morgan fingerprint density at radius 3 is 2.52 bits per heavy atom. The number of likely N-dealkylation sites (tertiary alicyclic amines) is 1. The van der Waals surface area contributed by atoms with Gasteiger partial charge in [0.1, 0.15) is 11.6 Å². The van der Waals surface area contributed by atoms with Crippen molar-refractivity contribution in [2.24, 2.45) is 0 Å². The second-order valence-corrected chi connectivity index (χ2v) is 6.92. The van der Waals surface area contributed by atoms with Gasteiger partial charge in [0.15, 0.2) is 0 Å². The number of hydrogen-bond acceptors (Lipinski definition) is 5. The molecular formula is C19H26FN5. The molecule has 0 saturated carbocycles. The summed E-state index contributed by atoms with van der Waals surface area (Å²) in [4.78, 5) is 13.4. The zero-order chi connectivity index (χ0) is 17.8. The second kappa shape index (κ2) is 7.78. The van der Waals surface area contributed by atoms with Crippen LogP contribution in [-0.2, 0) is 6.54 Å². The second-order valence-electron chi connectivity index (χ2n) is 6.92. The van der Waals surface area contributed by atoms with Gasteiger partial charge in [-0.05, 0) is 37.5 Å². The number of benzene rings is 1. The molecule has 1 aromatic heterocycles. The molecule has 1 aromatic carbocycles. The topological polar surface area (TPSA) is 44.3 Å². The molecule has 0 radical (unpaired) electrons. The number of halogens is 1. The summed E-state index contributed by atoms with van der Waals surface area (Å²) >= 11 is 0. The van der Waals surface area contributed by atoms with E-state index in [2.05, 4.69) is 20.2 Å². The first-order chi connectivity index (χ1) is 12.0. The van der Waals surface area contributed by atoms with Gasteiger partial charge in [-0.25, -0.2) is 9.37 Å². The first kappa shape index (κ1) is 17.6. The van der Waals surface area contributed by atoms with E-state index < -0.39 is 0 Å². The van der Waals surface area contributed by atoms with Gasteiger partial charge in [-0.1, -0.05) is 12.1 Å². The van der Waals surface area contributed by atoms with Crippen molar-refractivity contribution in [2.45, 2.75) is 32.4 Å². The fraction of sp³-hybridized carbons (Fsp3) is 0.474. The minimum absolute atomic E-state index is 0.179. The van der Waals surface area contributed by atoms with Gasteiger partial charge >= 0.3 is 0 Å². The highest BCUT2D eigenvalue weighted by atomic mass is 19.1. The summed E-state index contributed by atoms with van der Waals surface area (Å²) in [6.45, 7) is 4.93. The monoisotopic (exact) mass is 343 g/mol. The molecule has 25 heavy (non-hydrogen) atoms. The summed E-state index contributed by atoms with van der Waals surface area (Å²) in [6, 6.07) is 7.18. The molecule has 0 amide bonds. The Kier molecular flexibility index (Phi) is 5.48. The number of anilines is 2. The van der Waals surface area contributed by atoms with Crippen molar-refractivity contribution in [1.29, 1.82) is 0 Å². The Morgan fingerprint density at radius 2 is 1.88 bits per heavy atom. The third-order valence-electron chi connectivity index (χ3n) is 4.61. The lowest BCUT2D eigenvalue weighted by Gasteiger charge is -2.32. The van der Waals surface area contributed by atoms with Gasteiger partial charge < -0.3 is 10.2 Å². The first-order valence-electron chi connectivity index (χ1n) is 8.75. The molecule has 2 aromatic rings. The normalized spacial score (nSPS) is 16.0. The zero-order valence-corrected chi connectivity index (χ0v) is 15.2. The Balaban J connectivity index is 1.52. The molecule has 1 N–H and O–H groups in total. The molecule has 0 spiro atoms. The predicted molar refractivity (Wildman–Crippen MR) is 99.4 cm³/mol. The van der Waals surface area contributed by atoms with Crippen LogP contribution in [0.4, 0.5) is 16.2 Å². The maximum atomic E-state index is 13.0. The lowest BCUT2D eigenvalue weighted by molar-refractivity contribution is 0.211. The van der Waals surface area contributed by atoms with Gasteiger partial charge in [-0.3, -0.25) is 4.90 Å². The highest BCUT2D eigenvalue weighted by Gasteiger charge is 2.20. The average molecular weight is 343 g/mol. The van der Waals surface area contributed by atoms with Crippen LogP contribution in [0.1, 0.15) is 24.0 Å². The number of piperidine rings is 1. The molecule has 3 rings (SSSR count). The van der Waals surface area contributed by atoms with E-state index in [1.54, 1.807) is 0 Å². The number of aryl methyl sites for hydroxylation is 1. The number of hydrogen-bond donors (Lipinski definition) is 1. The molecule has 0 atom stereocenters. The smallest absolute Gasteiger partial charge is 0.224 e. The molecular weight excluding hydrogens is 317 g/mol. The maximum Gasteiger partial charge on any atom is 0.224 e. The molecule has 1 aliphatic rings.